The van der Waals surface area contributed by atoms with Crippen molar-refractivity contribution in [1.82, 2.24) is 19.5 Å². The van der Waals surface area contributed by atoms with E-state index in [1.807, 2.05) is 19.2 Å². The minimum atomic E-state index is -1.10. The molecule has 1 amide bonds. The number of fused-ring (bicyclic) bond motifs is 1. The zero-order valence-corrected chi connectivity index (χ0v) is 18.4. The highest BCUT2D eigenvalue weighted by atomic mass is 19.2. The van der Waals surface area contributed by atoms with E-state index in [4.69, 9.17) is 10.1 Å². The molecule has 0 spiro atoms. The van der Waals surface area contributed by atoms with E-state index in [0.29, 0.717) is 12.5 Å². The van der Waals surface area contributed by atoms with E-state index in [1.54, 1.807) is 9.42 Å². The van der Waals surface area contributed by atoms with Crippen LogP contribution in [0.2, 0.25) is 0 Å². The van der Waals surface area contributed by atoms with Crippen molar-refractivity contribution < 1.29 is 13.6 Å². The lowest BCUT2D eigenvalue weighted by Gasteiger charge is -2.34. The first kappa shape index (κ1) is 20.8. The second-order valence-corrected chi connectivity index (χ2v) is 9.07. The average Bonchev–Trinajstić information content (AvgIpc) is 3.40. The molecule has 8 heteroatoms. The topological polar surface area (TPSA) is 53.7 Å². The van der Waals surface area contributed by atoms with Gasteiger partial charge in [-0.05, 0) is 50.7 Å². The Hall–Kier alpha value is -3.03. The monoisotopic (exact) mass is 439 g/mol. The Kier molecular flexibility index (Phi) is 5.31. The second kappa shape index (κ2) is 8.15. The maximum atomic E-state index is 14.3. The van der Waals surface area contributed by atoms with Gasteiger partial charge in [0, 0.05) is 37.5 Å². The van der Waals surface area contributed by atoms with Gasteiger partial charge in [-0.3, -0.25) is 4.79 Å². The van der Waals surface area contributed by atoms with Gasteiger partial charge in [0.1, 0.15) is 5.82 Å². The number of rotatable bonds is 3. The number of carbonyl (C=O) groups is 1. The van der Waals surface area contributed by atoms with Crippen LogP contribution in [0.3, 0.4) is 0 Å². The molecule has 2 aliphatic heterocycles. The predicted octanol–water partition coefficient (Wildman–Crippen LogP) is 4.53. The molecule has 0 radical (unpaired) electrons. The van der Waals surface area contributed by atoms with Crippen molar-refractivity contribution in [2.75, 3.05) is 24.5 Å². The summed E-state index contributed by atoms with van der Waals surface area (Å²) in [7, 11) is 0. The number of nitrogens with zero attached hydrogens (tertiary/aromatic N) is 5. The van der Waals surface area contributed by atoms with Crippen molar-refractivity contribution in [2.45, 2.75) is 45.6 Å². The highest BCUT2D eigenvalue weighted by molar-refractivity contribution is 5.94. The van der Waals surface area contributed by atoms with Crippen molar-refractivity contribution in [2.24, 2.45) is 5.92 Å². The van der Waals surface area contributed by atoms with Crippen molar-refractivity contribution in [3.63, 3.8) is 0 Å². The van der Waals surface area contributed by atoms with Gasteiger partial charge in [0.2, 0.25) is 0 Å². The second-order valence-electron chi connectivity index (χ2n) is 9.07. The van der Waals surface area contributed by atoms with E-state index >= 15 is 0 Å². The maximum absolute atomic E-state index is 14.3. The van der Waals surface area contributed by atoms with Gasteiger partial charge in [0.25, 0.3) is 5.91 Å². The summed E-state index contributed by atoms with van der Waals surface area (Å²) in [4.78, 5) is 22.0. The fraction of sp³-hybridized carbons (Fsp3) is 0.458. The number of anilines is 1. The zero-order chi connectivity index (χ0) is 22.4. The number of halogens is 2. The zero-order valence-electron chi connectivity index (χ0n) is 18.4. The molecule has 0 N–H and O–H groups in total. The van der Waals surface area contributed by atoms with Crippen molar-refractivity contribution in [3.8, 4) is 0 Å². The third-order valence-electron chi connectivity index (χ3n) is 6.63. The van der Waals surface area contributed by atoms with Crippen LogP contribution >= 0.6 is 0 Å². The van der Waals surface area contributed by atoms with E-state index in [-0.39, 0.29) is 11.6 Å². The van der Waals surface area contributed by atoms with Gasteiger partial charge < -0.3 is 9.80 Å². The highest BCUT2D eigenvalue weighted by Crippen LogP contribution is 2.33. The minimum Gasteiger partial charge on any atom is -0.356 e. The molecule has 1 aromatic carbocycles. The maximum Gasteiger partial charge on any atom is 0.257 e. The third kappa shape index (κ3) is 3.61. The van der Waals surface area contributed by atoms with Crippen LogP contribution in [0.1, 0.15) is 60.3 Å². The van der Waals surface area contributed by atoms with E-state index in [0.717, 1.165) is 67.6 Å². The largest absolute Gasteiger partial charge is 0.356 e. The molecule has 2 aromatic heterocycles. The molecule has 2 saturated heterocycles. The van der Waals surface area contributed by atoms with Crippen LogP contribution < -0.4 is 4.90 Å². The molecule has 6 nitrogen and oxygen atoms in total. The molecule has 0 aliphatic carbocycles. The fourth-order valence-electron chi connectivity index (χ4n) is 4.94. The number of hydrogen-bond donors (Lipinski definition) is 0. The Morgan fingerprint density at radius 1 is 1.16 bits per heavy atom. The predicted molar refractivity (Wildman–Crippen MR) is 118 cm³/mol. The molecule has 0 saturated carbocycles. The molecular formula is C24H27F2N5O. The standard InChI is InChI=1S/C24H27F2N5O/c1-15-9-11-29(13-15)23-16(2)14-31-21(27-23)12-19(28-31)20-8-3-4-10-30(20)24(32)17-6-5-7-18(25)22(17)26/h5-7,12,14-15,20H,3-4,8-11,13H2,1-2H3/t15-,20-/m0/s1. The first-order valence-electron chi connectivity index (χ1n) is 11.3. The lowest BCUT2D eigenvalue weighted by molar-refractivity contribution is 0.0599. The minimum absolute atomic E-state index is 0.236. The van der Waals surface area contributed by atoms with Crippen LogP contribution in [-0.4, -0.2) is 45.0 Å². The van der Waals surface area contributed by atoms with Gasteiger partial charge in [-0.2, -0.15) is 5.10 Å². The van der Waals surface area contributed by atoms with Crippen molar-refractivity contribution >= 4 is 17.4 Å². The molecule has 2 fully saturated rings. The summed E-state index contributed by atoms with van der Waals surface area (Å²) < 4.78 is 29.8. The van der Waals surface area contributed by atoms with Crippen LogP contribution in [0, 0.1) is 24.5 Å². The number of carbonyl (C=O) groups excluding carboxylic acids is 1. The summed E-state index contributed by atoms with van der Waals surface area (Å²) in [5.41, 5.74) is 2.28. The van der Waals surface area contributed by atoms with E-state index in [1.165, 1.54) is 12.1 Å². The molecule has 4 heterocycles. The summed E-state index contributed by atoms with van der Waals surface area (Å²) >= 11 is 0. The smallest absolute Gasteiger partial charge is 0.257 e. The number of benzene rings is 1. The van der Waals surface area contributed by atoms with Crippen LogP contribution in [-0.2, 0) is 0 Å². The first-order valence-corrected chi connectivity index (χ1v) is 11.3. The molecule has 5 rings (SSSR count). The van der Waals surface area contributed by atoms with E-state index in [9.17, 15) is 13.6 Å². The normalized spacial score (nSPS) is 21.5. The summed E-state index contributed by atoms with van der Waals surface area (Å²) in [6, 6.07) is 5.35. The number of aryl methyl sites for hydroxylation is 1. The SMILES string of the molecule is Cc1cn2nc([C@@H]3CCCCN3C(=O)c3cccc(F)c3F)cc2nc1N1CC[C@H](C)C1. The molecule has 32 heavy (non-hydrogen) atoms. The summed E-state index contributed by atoms with van der Waals surface area (Å²) in [6.07, 6.45) is 5.62. The Morgan fingerprint density at radius 2 is 2.00 bits per heavy atom. The number of likely N-dealkylation sites (tertiary alicyclic amines) is 1. The number of hydrogen-bond acceptors (Lipinski definition) is 4. The lowest BCUT2D eigenvalue weighted by Crippen LogP contribution is -2.39. The van der Waals surface area contributed by atoms with Crippen LogP contribution in [0.5, 0.6) is 0 Å². The van der Waals surface area contributed by atoms with Crippen molar-refractivity contribution in [1.29, 1.82) is 0 Å². The van der Waals surface area contributed by atoms with Gasteiger partial charge in [0.05, 0.1) is 17.3 Å². The molecule has 0 unspecified atom stereocenters. The van der Waals surface area contributed by atoms with Gasteiger partial charge >= 0.3 is 0 Å². The molecule has 3 aromatic rings. The van der Waals surface area contributed by atoms with Crippen LogP contribution in [0.25, 0.3) is 5.65 Å². The third-order valence-corrected chi connectivity index (χ3v) is 6.63. The van der Waals surface area contributed by atoms with Crippen molar-refractivity contribution in [3.05, 3.63) is 58.9 Å². The number of amides is 1. The average molecular weight is 440 g/mol. The quantitative estimate of drug-likeness (QED) is 0.602. The fourth-order valence-corrected chi connectivity index (χ4v) is 4.94. The first-order chi connectivity index (χ1) is 15.4. The highest BCUT2D eigenvalue weighted by Gasteiger charge is 2.32. The Balaban J connectivity index is 1.48. The van der Waals surface area contributed by atoms with Gasteiger partial charge in [-0.25, -0.2) is 18.3 Å². The Labute approximate surface area is 185 Å². The van der Waals surface area contributed by atoms with E-state index in [2.05, 4.69) is 11.8 Å². The molecule has 2 atom stereocenters. The molecule has 168 valence electrons. The molecular weight excluding hydrogens is 412 g/mol. The number of piperidine rings is 1. The summed E-state index contributed by atoms with van der Waals surface area (Å²) in [6.45, 7) is 6.76. The van der Waals surface area contributed by atoms with Crippen LogP contribution in [0.15, 0.2) is 30.5 Å². The van der Waals surface area contributed by atoms with Gasteiger partial charge in [-0.15, -0.1) is 0 Å². The van der Waals surface area contributed by atoms with Gasteiger partial charge in [-0.1, -0.05) is 13.0 Å². The molecule has 2 aliphatic rings. The van der Waals surface area contributed by atoms with E-state index < -0.39 is 17.5 Å². The lowest BCUT2D eigenvalue weighted by atomic mass is 9.98. The van der Waals surface area contributed by atoms with Gasteiger partial charge in [0.15, 0.2) is 17.3 Å². The summed E-state index contributed by atoms with van der Waals surface area (Å²) in [5.74, 6) is -0.983. The Bertz CT molecular complexity index is 1180. The number of aromatic nitrogens is 3. The van der Waals surface area contributed by atoms with Crippen LogP contribution in [0.4, 0.5) is 14.6 Å². The summed E-state index contributed by atoms with van der Waals surface area (Å²) in [5, 5.41) is 4.72. The Morgan fingerprint density at radius 3 is 2.78 bits per heavy atom. The molecule has 0 bridgehead atoms.